The van der Waals surface area contributed by atoms with E-state index in [1.54, 1.807) is 49.4 Å². The number of nitrogens with one attached hydrogen (secondary N) is 1. The van der Waals surface area contributed by atoms with E-state index in [-0.39, 0.29) is 29.9 Å². The summed E-state index contributed by atoms with van der Waals surface area (Å²) in [4.78, 5) is 55.9. The number of aromatic amines is 1. The summed E-state index contributed by atoms with van der Waals surface area (Å²) in [6, 6.07) is 11.8. The maximum atomic E-state index is 13.8. The Morgan fingerprint density at radius 2 is 1.76 bits per heavy atom. The summed E-state index contributed by atoms with van der Waals surface area (Å²) in [5.41, 5.74) is 1.13. The summed E-state index contributed by atoms with van der Waals surface area (Å²) in [7, 11) is 3.00. The van der Waals surface area contributed by atoms with E-state index in [1.807, 2.05) is 0 Å². The SMILES string of the molecule is CCOC(=O)COc1ccc([C@H]2c3sc(=O)[nH]c3SC3C(=O)N(c4ccc(OC)cc4)C(=O)C32)cc1OC. The molecule has 10 nitrogen and oxygen atoms in total. The van der Waals surface area contributed by atoms with Crippen LogP contribution in [0.5, 0.6) is 17.2 Å². The Balaban J connectivity index is 1.53. The van der Waals surface area contributed by atoms with Crippen molar-refractivity contribution in [2.45, 2.75) is 23.1 Å². The molecule has 3 heterocycles. The Kier molecular flexibility index (Phi) is 7.17. The number of benzene rings is 2. The third-order valence-electron chi connectivity index (χ3n) is 6.35. The van der Waals surface area contributed by atoms with Gasteiger partial charge >= 0.3 is 10.8 Å². The minimum absolute atomic E-state index is 0.239. The summed E-state index contributed by atoms with van der Waals surface area (Å²) in [6.45, 7) is 1.65. The molecule has 2 aliphatic heterocycles. The molecule has 1 fully saturated rings. The second kappa shape index (κ2) is 10.5. The fourth-order valence-electron chi connectivity index (χ4n) is 4.70. The highest BCUT2D eigenvalue weighted by atomic mass is 32.2. The smallest absolute Gasteiger partial charge is 0.344 e. The van der Waals surface area contributed by atoms with Crippen LogP contribution in [0.1, 0.15) is 23.3 Å². The van der Waals surface area contributed by atoms with E-state index in [1.165, 1.54) is 30.9 Å². The predicted octanol–water partition coefficient (Wildman–Crippen LogP) is 3.19. The lowest BCUT2D eigenvalue weighted by Gasteiger charge is -2.30. The van der Waals surface area contributed by atoms with Crippen LogP contribution >= 0.6 is 23.1 Å². The third kappa shape index (κ3) is 4.54. The van der Waals surface area contributed by atoms with Gasteiger partial charge in [-0.25, -0.2) is 9.69 Å². The molecule has 38 heavy (non-hydrogen) atoms. The van der Waals surface area contributed by atoms with Crippen LogP contribution in [0.15, 0.2) is 52.3 Å². The van der Waals surface area contributed by atoms with Gasteiger partial charge in [0, 0.05) is 10.8 Å². The standard InChI is InChI=1S/C26H24N2O8S2/c1-4-35-18(29)12-36-16-10-5-13(11-17(16)34-3)19-20-22(37-23-21(19)38-26(32)27-23)25(31)28(24(20)30)14-6-8-15(33-2)9-7-14/h5-11,19-20,22H,4,12H2,1-3H3,(H,27,32)/t19-,20?,22?/m1/s1. The molecule has 0 spiro atoms. The largest absolute Gasteiger partial charge is 0.497 e. The number of rotatable bonds is 8. The molecule has 2 unspecified atom stereocenters. The highest BCUT2D eigenvalue weighted by Crippen LogP contribution is 2.53. The number of hydrogen-bond acceptors (Lipinski definition) is 10. The number of fused-ring (bicyclic) bond motifs is 2. The minimum Gasteiger partial charge on any atom is -0.497 e. The lowest BCUT2D eigenvalue weighted by Crippen LogP contribution is -2.32. The van der Waals surface area contributed by atoms with Crippen LogP contribution in [-0.4, -0.2) is 55.5 Å². The number of thiazole rings is 1. The molecule has 0 aliphatic carbocycles. The molecular weight excluding hydrogens is 532 g/mol. The number of aromatic nitrogens is 1. The number of imide groups is 1. The van der Waals surface area contributed by atoms with Crippen molar-refractivity contribution in [1.29, 1.82) is 0 Å². The summed E-state index contributed by atoms with van der Waals surface area (Å²) >= 11 is 2.23. The number of anilines is 1. The molecule has 1 N–H and O–H groups in total. The molecule has 1 aromatic heterocycles. The van der Waals surface area contributed by atoms with Crippen molar-refractivity contribution in [3.8, 4) is 17.2 Å². The van der Waals surface area contributed by atoms with Crippen LogP contribution in [0, 0.1) is 5.92 Å². The van der Waals surface area contributed by atoms with Gasteiger partial charge in [-0.1, -0.05) is 29.2 Å². The molecule has 1 saturated heterocycles. The zero-order chi connectivity index (χ0) is 27.0. The number of carbonyl (C=O) groups excluding carboxylic acids is 3. The van der Waals surface area contributed by atoms with Gasteiger partial charge in [-0.2, -0.15) is 0 Å². The number of nitrogens with zero attached hydrogens (tertiary/aromatic N) is 1. The highest BCUT2D eigenvalue weighted by molar-refractivity contribution is 8.00. The van der Waals surface area contributed by atoms with E-state index in [9.17, 15) is 19.2 Å². The average molecular weight is 557 g/mol. The van der Waals surface area contributed by atoms with Crippen LogP contribution in [-0.2, 0) is 19.1 Å². The van der Waals surface area contributed by atoms with Crippen molar-refractivity contribution < 1.29 is 33.3 Å². The van der Waals surface area contributed by atoms with Gasteiger partial charge in [-0.15, -0.1) is 0 Å². The maximum absolute atomic E-state index is 13.8. The molecule has 2 aromatic carbocycles. The molecule has 3 atom stereocenters. The number of methoxy groups -OCH3 is 2. The average Bonchev–Trinajstić information content (AvgIpc) is 3.41. The molecule has 0 saturated carbocycles. The Hall–Kier alpha value is -3.77. The van der Waals surface area contributed by atoms with Crippen molar-refractivity contribution in [1.82, 2.24) is 4.98 Å². The molecule has 198 valence electrons. The normalized spacial score (nSPS) is 20.1. The monoisotopic (exact) mass is 556 g/mol. The van der Waals surface area contributed by atoms with E-state index in [4.69, 9.17) is 18.9 Å². The number of ether oxygens (including phenoxy) is 4. The van der Waals surface area contributed by atoms with Crippen LogP contribution in [0.2, 0.25) is 0 Å². The summed E-state index contributed by atoms with van der Waals surface area (Å²) < 4.78 is 21.2. The van der Waals surface area contributed by atoms with Gasteiger partial charge in [-0.05, 0) is 48.9 Å². The molecule has 2 amide bonds. The van der Waals surface area contributed by atoms with Crippen LogP contribution in [0.4, 0.5) is 5.69 Å². The van der Waals surface area contributed by atoms with Crippen LogP contribution in [0.25, 0.3) is 0 Å². The van der Waals surface area contributed by atoms with Gasteiger partial charge in [0.1, 0.15) is 11.0 Å². The molecule has 2 aliphatic rings. The first kappa shape index (κ1) is 25.9. The lowest BCUT2D eigenvalue weighted by molar-refractivity contribution is -0.145. The van der Waals surface area contributed by atoms with Crippen molar-refractivity contribution in [3.05, 3.63) is 62.6 Å². The van der Waals surface area contributed by atoms with Crippen molar-refractivity contribution in [2.24, 2.45) is 5.92 Å². The Morgan fingerprint density at radius 1 is 1.00 bits per heavy atom. The predicted molar refractivity (Wildman–Crippen MR) is 141 cm³/mol. The van der Waals surface area contributed by atoms with Gasteiger partial charge in [0.05, 0.1) is 37.5 Å². The van der Waals surface area contributed by atoms with Gasteiger partial charge in [0.25, 0.3) is 0 Å². The molecule has 3 aromatic rings. The zero-order valence-electron chi connectivity index (χ0n) is 20.7. The van der Waals surface area contributed by atoms with Gasteiger partial charge in [0.15, 0.2) is 18.1 Å². The zero-order valence-corrected chi connectivity index (χ0v) is 22.4. The topological polar surface area (TPSA) is 124 Å². The van der Waals surface area contributed by atoms with E-state index in [0.717, 1.165) is 11.3 Å². The van der Waals surface area contributed by atoms with Crippen LogP contribution < -0.4 is 24.0 Å². The second-order valence-electron chi connectivity index (χ2n) is 8.46. The molecule has 5 rings (SSSR count). The first-order valence-corrected chi connectivity index (χ1v) is 13.4. The maximum Gasteiger partial charge on any atom is 0.344 e. The Labute approximate surface area is 225 Å². The van der Waals surface area contributed by atoms with Crippen molar-refractivity contribution in [3.63, 3.8) is 0 Å². The second-order valence-corrected chi connectivity index (χ2v) is 10.6. The highest BCUT2D eigenvalue weighted by Gasteiger charge is 2.56. The van der Waals surface area contributed by atoms with E-state index in [2.05, 4.69) is 4.98 Å². The molecule has 12 heteroatoms. The number of esters is 1. The first-order chi connectivity index (χ1) is 18.4. The Bertz CT molecular complexity index is 1450. The first-order valence-electron chi connectivity index (χ1n) is 11.7. The summed E-state index contributed by atoms with van der Waals surface area (Å²) in [5.74, 6) is -1.26. The fourth-order valence-corrected chi connectivity index (χ4v) is 7.21. The third-order valence-corrected chi connectivity index (χ3v) is 8.75. The van der Waals surface area contributed by atoms with Gasteiger partial charge < -0.3 is 23.9 Å². The quantitative estimate of drug-likeness (QED) is 0.329. The van der Waals surface area contributed by atoms with Gasteiger partial charge in [0.2, 0.25) is 11.8 Å². The van der Waals surface area contributed by atoms with Crippen molar-refractivity contribution >= 4 is 46.6 Å². The molecule has 0 bridgehead atoms. The molecular formula is C26H24N2O8S2. The van der Waals surface area contributed by atoms with E-state index in [0.29, 0.717) is 38.4 Å². The van der Waals surface area contributed by atoms with E-state index < -0.39 is 23.1 Å². The van der Waals surface area contributed by atoms with Crippen molar-refractivity contribution in [2.75, 3.05) is 32.3 Å². The lowest BCUT2D eigenvalue weighted by atomic mass is 9.83. The fraction of sp³-hybridized carbons (Fsp3) is 0.308. The Morgan fingerprint density at radius 3 is 2.45 bits per heavy atom. The number of carbonyl (C=O) groups is 3. The summed E-state index contributed by atoms with van der Waals surface area (Å²) in [5, 5.41) is -0.149. The summed E-state index contributed by atoms with van der Waals surface area (Å²) in [6.07, 6.45) is 0. The number of amides is 2. The van der Waals surface area contributed by atoms with Crippen LogP contribution in [0.3, 0.4) is 0 Å². The van der Waals surface area contributed by atoms with E-state index >= 15 is 0 Å². The number of H-pyrrole nitrogens is 1. The number of hydrogen-bond donors (Lipinski definition) is 1. The van der Waals surface area contributed by atoms with Gasteiger partial charge in [-0.3, -0.25) is 14.4 Å². The molecule has 0 radical (unpaired) electrons. The minimum atomic E-state index is -0.746. The number of thioether (sulfide) groups is 1.